The summed E-state index contributed by atoms with van der Waals surface area (Å²) >= 11 is 0. The zero-order chi connectivity index (χ0) is 12.0. The van der Waals surface area contributed by atoms with Crippen LogP contribution in [-0.4, -0.2) is 17.8 Å². The van der Waals surface area contributed by atoms with Gasteiger partial charge in [-0.15, -0.1) is 0 Å². The van der Waals surface area contributed by atoms with Gasteiger partial charge in [-0.2, -0.15) is 5.26 Å². The van der Waals surface area contributed by atoms with Crippen molar-refractivity contribution < 1.29 is 5.11 Å². The summed E-state index contributed by atoms with van der Waals surface area (Å²) in [6.45, 7) is 5.29. The second kappa shape index (κ2) is 6.26. The quantitative estimate of drug-likeness (QED) is 0.791. The molecule has 0 aliphatic carbocycles. The first-order valence-corrected chi connectivity index (χ1v) is 5.55. The van der Waals surface area contributed by atoms with E-state index >= 15 is 0 Å². The molecule has 0 aliphatic heterocycles. The zero-order valence-electron chi connectivity index (χ0n) is 9.83. The minimum Gasteiger partial charge on any atom is -0.392 e. The summed E-state index contributed by atoms with van der Waals surface area (Å²) in [5, 5.41) is 21.3. The van der Waals surface area contributed by atoms with Gasteiger partial charge in [-0.25, -0.2) is 0 Å². The Balaban J connectivity index is 2.52. The standard InChI is InChI=1S/C13H18N2O/c1-3-13(16)9-15-8-12-5-4-11(7-14)6-10(12)2/h4-6,13,15-16H,3,8-9H2,1-2H3. The van der Waals surface area contributed by atoms with Crippen molar-refractivity contribution in [2.24, 2.45) is 0 Å². The number of nitrogens with zero attached hydrogens (tertiary/aromatic N) is 1. The first-order valence-electron chi connectivity index (χ1n) is 5.55. The molecule has 86 valence electrons. The lowest BCUT2D eigenvalue weighted by molar-refractivity contribution is 0.167. The van der Waals surface area contributed by atoms with Crippen LogP contribution in [0.5, 0.6) is 0 Å². The van der Waals surface area contributed by atoms with E-state index < -0.39 is 0 Å². The number of hydrogen-bond donors (Lipinski definition) is 2. The molecule has 1 rings (SSSR count). The lowest BCUT2D eigenvalue weighted by Gasteiger charge is -2.11. The Hall–Kier alpha value is -1.37. The lowest BCUT2D eigenvalue weighted by Crippen LogP contribution is -2.25. The van der Waals surface area contributed by atoms with E-state index in [-0.39, 0.29) is 6.10 Å². The molecule has 0 heterocycles. The minimum absolute atomic E-state index is 0.279. The molecule has 16 heavy (non-hydrogen) atoms. The van der Waals surface area contributed by atoms with Gasteiger partial charge in [-0.05, 0) is 36.6 Å². The SMILES string of the molecule is CCC(O)CNCc1ccc(C#N)cc1C. The van der Waals surface area contributed by atoms with Crippen molar-refractivity contribution in [1.29, 1.82) is 5.26 Å². The summed E-state index contributed by atoms with van der Waals surface area (Å²) in [4.78, 5) is 0. The van der Waals surface area contributed by atoms with Crippen LogP contribution in [0.1, 0.15) is 30.0 Å². The van der Waals surface area contributed by atoms with E-state index in [1.807, 2.05) is 32.0 Å². The molecule has 0 fully saturated rings. The van der Waals surface area contributed by atoms with Gasteiger partial charge in [0.15, 0.2) is 0 Å². The number of aliphatic hydroxyl groups is 1. The first-order chi connectivity index (χ1) is 7.67. The van der Waals surface area contributed by atoms with E-state index in [1.165, 1.54) is 5.56 Å². The Bertz CT molecular complexity index is 382. The molecule has 2 N–H and O–H groups in total. The Morgan fingerprint density at radius 2 is 2.25 bits per heavy atom. The molecule has 0 saturated heterocycles. The van der Waals surface area contributed by atoms with E-state index in [4.69, 9.17) is 5.26 Å². The molecule has 0 spiro atoms. The van der Waals surface area contributed by atoms with Gasteiger partial charge < -0.3 is 10.4 Å². The van der Waals surface area contributed by atoms with Crippen molar-refractivity contribution in [2.45, 2.75) is 32.9 Å². The Morgan fingerprint density at radius 1 is 1.50 bits per heavy atom. The maximum atomic E-state index is 9.38. The Kier molecular flexibility index (Phi) is 4.97. The largest absolute Gasteiger partial charge is 0.392 e. The Morgan fingerprint density at radius 3 is 2.81 bits per heavy atom. The van der Waals surface area contributed by atoms with Gasteiger partial charge in [0.1, 0.15) is 0 Å². The smallest absolute Gasteiger partial charge is 0.0991 e. The highest BCUT2D eigenvalue weighted by molar-refractivity contribution is 5.37. The summed E-state index contributed by atoms with van der Waals surface area (Å²) in [6.07, 6.45) is 0.484. The molecule has 0 radical (unpaired) electrons. The monoisotopic (exact) mass is 218 g/mol. The van der Waals surface area contributed by atoms with E-state index in [0.29, 0.717) is 12.1 Å². The molecule has 0 saturated carbocycles. The molecule has 0 aliphatic rings. The molecule has 1 aromatic carbocycles. The summed E-state index contributed by atoms with van der Waals surface area (Å²) < 4.78 is 0. The van der Waals surface area contributed by atoms with Gasteiger partial charge >= 0.3 is 0 Å². The van der Waals surface area contributed by atoms with Gasteiger partial charge in [0.05, 0.1) is 17.7 Å². The number of hydrogen-bond acceptors (Lipinski definition) is 3. The highest BCUT2D eigenvalue weighted by Gasteiger charge is 2.02. The van der Waals surface area contributed by atoms with Gasteiger partial charge in [0.2, 0.25) is 0 Å². The fourth-order valence-corrected chi connectivity index (χ4v) is 1.48. The predicted molar refractivity (Wildman–Crippen MR) is 63.9 cm³/mol. The number of nitriles is 1. The van der Waals surface area contributed by atoms with Crippen molar-refractivity contribution in [1.82, 2.24) is 5.32 Å². The second-order valence-electron chi connectivity index (χ2n) is 3.95. The number of aryl methyl sites for hydroxylation is 1. The van der Waals surface area contributed by atoms with E-state index in [2.05, 4.69) is 11.4 Å². The van der Waals surface area contributed by atoms with Crippen LogP contribution in [0.15, 0.2) is 18.2 Å². The summed E-state index contributed by atoms with van der Waals surface area (Å²) in [7, 11) is 0. The molecular weight excluding hydrogens is 200 g/mol. The van der Waals surface area contributed by atoms with Crippen LogP contribution in [0.4, 0.5) is 0 Å². The number of rotatable bonds is 5. The van der Waals surface area contributed by atoms with Crippen LogP contribution in [0.3, 0.4) is 0 Å². The molecule has 1 atom stereocenters. The molecule has 0 amide bonds. The summed E-state index contributed by atoms with van der Waals surface area (Å²) in [6, 6.07) is 7.78. The average Bonchev–Trinajstić information content (AvgIpc) is 2.30. The van der Waals surface area contributed by atoms with Crippen molar-refractivity contribution >= 4 is 0 Å². The highest BCUT2D eigenvalue weighted by atomic mass is 16.3. The molecule has 1 aromatic rings. The fourth-order valence-electron chi connectivity index (χ4n) is 1.48. The zero-order valence-corrected chi connectivity index (χ0v) is 9.83. The van der Waals surface area contributed by atoms with E-state index in [1.54, 1.807) is 0 Å². The highest BCUT2D eigenvalue weighted by Crippen LogP contribution is 2.10. The number of nitrogens with one attached hydrogen (secondary N) is 1. The number of benzene rings is 1. The van der Waals surface area contributed by atoms with Crippen molar-refractivity contribution in [3.8, 4) is 6.07 Å². The third kappa shape index (κ3) is 3.65. The summed E-state index contributed by atoms with van der Waals surface area (Å²) in [5.74, 6) is 0. The maximum Gasteiger partial charge on any atom is 0.0991 e. The van der Waals surface area contributed by atoms with Gasteiger partial charge in [-0.1, -0.05) is 13.0 Å². The van der Waals surface area contributed by atoms with Crippen LogP contribution < -0.4 is 5.32 Å². The molecule has 0 aromatic heterocycles. The van der Waals surface area contributed by atoms with Crippen LogP contribution >= 0.6 is 0 Å². The van der Waals surface area contributed by atoms with Gasteiger partial charge in [0, 0.05) is 13.1 Å². The molecule has 1 unspecified atom stereocenters. The maximum absolute atomic E-state index is 9.38. The van der Waals surface area contributed by atoms with Gasteiger partial charge in [0.25, 0.3) is 0 Å². The average molecular weight is 218 g/mol. The molecular formula is C13H18N2O. The van der Waals surface area contributed by atoms with Crippen molar-refractivity contribution in [3.05, 3.63) is 34.9 Å². The third-order valence-electron chi connectivity index (χ3n) is 2.64. The molecule has 3 heteroatoms. The van der Waals surface area contributed by atoms with Gasteiger partial charge in [-0.3, -0.25) is 0 Å². The van der Waals surface area contributed by atoms with E-state index in [0.717, 1.165) is 18.5 Å². The number of aliphatic hydroxyl groups excluding tert-OH is 1. The molecule has 3 nitrogen and oxygen atoms in total. The van der Waals surface area contributed by atoms with Crippen molar-refractivity contribution in [3.63, 3.8) is 0 Å². The normalized spacial score (nSPS) is 12.1. The van der Waals surface area contributed by atoms with Crippen LogP contribution in [0.2, 0.25) is 0 Å². The lowest BCUT2D eigenvalue weighted by atomic mass is 10.1. The third-order valence-corrected chi connectivity index (χ3v) is 2.64. The minimum atomic E-state index is -0.279. The van der Waals surface area contributed by atoms with Crippen molar-refractivity contribution in [2.75, 3.05) is 6.54 Å². The van der Waals surface area contributed by atoms with Crippen LogP contribution in [0.25, 0.3) is 0 Å². The first kappa shape index (κ1) is 12.7. The van der Waals surface area contributed by atoms with E-state index in [9.17, 15) is 5.11 Å². The summed E-state index contributed by atoms with van der Waals surface area (Å²) in [5.41, 5.74) is 2.97. The fraction of sp³-hybridized carbons (Fsp3) is 0.462. The second-order valence-corrected chi connectivity index (χ2v) is 3.95. The predicted octanol–water partition coefficient (Wildman–Crippen LogP) is 1.73. The Labute approximate surface area is 96.7 Å². The molecule has 0 bridgehead atoms. The van der Waals surface area contributed by atoms with Crippen LogP contribution in [0, 0.1) is 18.3 Å². The van der Waals surface area contributed by atoms with Crippen LogP contribution in [-0.2, 0) is 6.54 Å². The topological polar surface area (TPSA) is 56.0 Å².